The number of aryl methyl sites for hydroxylation is 2. The molecule has 0 aliphatic carbocycles. The monoisotopic (exact) mass is 479 g/mol. The molecule has 4 aromatic rings. The zero-order valence-electron chi connectivity index (χ0n) is 18.1. The lowest BCUT2D eigenvalue weighted by Gasteiger charge is -2.22. The summed E-state index contributed by atoms with van der Waals surface area (Å²) < 4.78 is 14.7. The van der Waals surface area contributed by atoms with Gasteiger partial charge in [0.05, 0.1) is 22.2 Å². The highest BCUT2D eigenvalue weighted by Crippen LogP contribution is 2.24. The van der Waals surface area contributed by atoms with Gasteiger partial charge in [-0.2, -0.15) is 5.10 Å². The lowest BCUT2D eigenvalue weighted by Crippen LogP contribution is -2.36. The van der Waals surface area contributed by atoms with Gasteiger partial charge in [0, 0.05) is 28.9 Å². The van der Waals surface area contributed by atoms with E-state index in [4.69, 9.17) is 0 Å². The summed E-state index contributed by atoms with van der Waals surface area (Å²) >= 11 is 1.41. The number of hydrogen-bond acceptors (Lipinski definition) is 7. The Hall–Kier alpha value is -4.25. The standard InChI is InChI=1S/C23H18FN5O4S/c1-14-11-21(30)22(26-28(14)19-5-3-4-6-20(19)29(32)33)23(31)27(12-17-13-34-15(2)25-17)18-9-7-16(24)8-10-18/h3-11,13H,12H2,1-2H3. The third-order valence-corrected chi connectivity index (χ3v) is 5.81. The molecule has 34 heavy (non-hydrogen) atoms. The van der Waals surface area contributed by atoms with E-state index in [1.54, 1.807) is 18.4 Å². The third-order valence-electron chi connectivity index (χ3n) is 4.99. The van der Waals surface area contributed by atoms with Crippen molar-refractivity contribution in [2.45, 2.75) is 20.4 Å². The average Bonchev–Trinajstić information content (AvgIpc) is 3.22. The Morgan fingerprint density at radius 2 is 1.88 bits per heavy atom. The Balaban J connectivity index is 1.83. The number of nitro groups is 1. The molecule has 2 heterocycles. The Kier molecular flexibility index (Phi) is 6.28. The first-order chi connectivity index (χ1) is 16.2. The van der Waals surface area contributed by atoms with Crippen molar-refractivity contribution < 1.29 is 14.1 Å². The molecule has 172 valence electrons. The van der Waals surface area contributed by atoms with Crippen LogP contribution in [0.25, 0.3) is 5.69 Å². The fraction of sp³-hybridized carbons (Fsp3) is 0.130. The third kappa shape index (κ3) is 4.59. The van der Waals surface area contributed by atoms with Crippen molar-refractivity contribution in [1.29, 1.82) is 0 Å². The minimum absolute atomic E-state index is 0.0231. The molecule has 0 aliphatic heterocycles. The fourth-order valence-corrected chi connectivity index (χ4v) is 4.01. The van der Waals surface area contributed by atoms with Gasteiger partial charge in [0.2, 0.25) is 5.43 Å². The van der Waals surface area contributed by atoms with Crippen LogP contribution in [-0.4, -0.2) is 25.6 Å². The van der Waals surface area contributed by atoms with Crippen LogP contribution in [0.2, 0.25) is 0 Å². The van der Waals surface area contributed by atoms with Gasteiger partial charge in [-0.05, 0) is 44.2 Å². The first-order valence-corrected chi connectivity index (χ1v) is 11.0. The summed E-state index contributed by atoms with van der Waals surface area (Å²) in [5.74, 6) is -1.22. The largest absolute Gasteiger partial charge is 0.301 e. The number of nitrogens with zero attached hydrogens (tertiary/aromatic N) is 5. The van der Waals surface area contributed by atoms with Crippen LogP contribution < -0.4 is 10.3 Å². The maximum atomic E-state index is 13.6. The van der Waals surface area contributed by atoms with Crippen molar-refractivity contribution in [3.63, 3.8) is 0 Å². The van der Waals surface area contributed by atoms with Crippen LogP contribution in [0, 0.1) is 29.8 Å². The van der Waals surface area contributed by atoms with Crippen molar-refractivity contribution in [1.82, 2.24) is 14.8 Å². The Morgan fingerprint density at radius 3 is 2.53 bits per heavy atom. The molecule has 2 aromatic carbocycles. The smallest absolute Gasteiger partial charge is 0.294 e. The molecule has 0 spiro atoms. The number of thiazole rings is 1. The number of halogens is 1. The minimum Gasteiger partial charge on any atom is -0.301 e. The zero-order valence-corrected chi connectivity index (χ0v) is 19.0. The molecule has 0 bridgehead atoms. The van der Waals surface area contributed by atoms with Gasteiger partial charge in [0.1, 0.15) is 11.5 Å². The van der Waals surface area contributed by atoms with E-state index in [1.165, 1.54) is 69.4 Å². The molecule has 11 heteroatoms. The molecule has 0 atom stereocenters. The van der Waals surface area contributed by atoms with E-state index in [-0.39, 0.29) is 17.9 Å². The minimum atomic E-state index is -0.741. The second-order valence-corrected chi connectivity index (χ2v) is 8.44. The molecule has 1 amide bonds. The van der Waals surface area contributed by atoms with E-state index in [0.29, 0.717) is 17.1 Å². The van der Waals surface area contributed by atoms with Gasteiger partial charge in [-0.1, -0.05) is 12.1 Å². The molecule has 0 aliphatic rings. The molecule has 0 N–H and O–H groups in total. The second-order valence-electron chi connectivity index (χ2n) is 7.38. The predicted molar refractivity (Wildman–Crippen MR) is 125 cm³/mol. The number of para-hydroxylation sites is 2. The normalized spacial score (nSPS) is 10.8. The number of nitro benzene ring substituents is 1. The number of anilines is 1. The number of aromatic nitrogens is 3. The topological polar surface area (TPSA) is 111 Å². The van der Waals surface area contributed by atoms with Gasteiger partial charge < -0.3 is 4.90 Å². The summed E-state index contributed by atoms with van der Waals surface area (Å²) in [6.07, 6.45) is 0. The fourth-order valence-electron chi connectivity index (χ4n) is 3.41. The Bertz CT molecular complexity index is 1450. The van der Waals surface area contributed by atoms with E-state index < -0.39 is 27.8 Å². The van der Waals surface area contributed by atoms with Gasteiger partial charge >= 0.3 is 0 Å². The highest BCUT2D eigenvalue weighted by Gasteiger charge is 2.26. The first kappa shape index (κ1) is 22.9. The summed E-state index contributed by atoms with van der Waals surface area (Å²) in [7, 11) is 0. The van der Waals surface area contributed by atoms with Crippen LogP contribution in [-0.2, 0) is 6.54 Å². The Labute approximate surface area is 196 Å². The van der Waals surface area contributed by atoms with Crippen molar-refractivity contribution >= 4 is 28.6 Å². The van der Waals surface area contributed by atoms with Crippen LogP contribution in [0.4, 0.5) is 15.8 Å². The van der Waals surface area contributed by atoms with Gasteiger partial charge in [-0.25, -0.2) is 14.1 Å². The predicted octanol–water partition coefficient (Wildman–Crippen LogP) is 4.20. The average molecular weight is 479 g/mol. The maximum Gasteiger partial charge on any atom is 0.294 e. The molecule has 0 radical (unpaired) electrons. The molecule has 4 rings (SSSR count). The highest BCUT2D eigenvalue weighted by molar-refractivity contribution is 7.09. The summed E-state index contributed by atoms with van der Waals surface area (Å²) in [5, 5.41) is 18.3. The first-order valence-electron chi connectivity index (χ1n) is 10.1. The molecule has 0 fully saturated rings. The van der Waals surface area contributed by atoms with Crippen LogP contribution in [0.15, 0.2) is 64.8 Å². The molecule has 0 unspecified atom stereocenters. The summed E-state index contributed by atoms with van der Waals surface area (Å²) in [4.78, 5) is 43.0. The van der Waals surface area contributed by atoms with E-state index in [9.17, 15) is 24.1 Å². The summed E-state index contributed by atoms with van der Waals surface area (Å²) in [6, 6.07) is 12.3. The quantitative estimate of drug-likeness (QED) is 0.303. The number of carbonyl (C=O) groups is 1. The zero-order chi connectivity index (χ0) is 24.4. The van der Waals surface area contributed by atoms with E-state index in [0.717, 1.165) is 5.01 Å². The van der Waals surface area contributed by atoms with Crippen molar-refractivity contribution in [3.8, 4) is 5.69 Å². The SMILES string of the molecule is Cc1nc(CN(C(=O)c2nn(-c3ccccc3[N+](=O)[O-])c(C)cc2=O)c2ccc(F)cc2)cs1. The summed E-state index contributed by atoms with van der Waals surface area (Å²) in [5.41, 5.74) is 0.0663. The van der Waals surface area contributed by atoms with E-state index >= 15 is 0 Å². The van der Waals surface area contributed by atoms with Crippen LogP contribution >= 0.6 is 11.3 Å². The summed E-state index contributed by atoms with van der Waals surface area (Å²) in [6.45, 7) is 3.41. The Morgan fingerprint density at radius 1 is 1.18 bits per heavy atom. The van der Waals surface area contributed by atoms with Gasteiger partial charge in [-0.15, -0.1) is 11.3 Å². The lowest BCUT2D eigenvalue weighted by atomic mass is 10.2. The number of hydrogen-bond donors (Lipinski definition) is 0. The molecule has 0 saturated heterocycles. The number of benzene rings is 2. The number of carbonyl (C=O) groups excluding carboxylic acids is 1. The highest BCUT2D eigenvalue weighted by atomic mass is 32.1. The maximum absolute atomic E-state index is 13.6. The molecular weight excluding hydrogens is 461 g/mol. The van der Waals surface area contributed by atoms with Gasteiger partial charge in [0.25, 0.3) is 11.6 Å². The number of rotatable bonds is 6. The van der Waals surface area contributed by atoms with Crippen LogP contribution in [0.1, 0.15) is 26.9 Å². The number of amides is 1. The van der Waals surface area contributed by atoms with E-state index in [2.05, 4.69) is 10.1 Å². The van der Waals surface area contributed by atoms with Gasteiger partial charge in [0.15, 0.2) is 5.69 Å². The van der Waals surface area contributed by atoms with E-state index in [1.807, 2.05) is 6.92 Å². The molecular formula is C23H18FN5O4S. The second kappa shape index (κ2) is 9.32. The molecule has 2 aromatic heterocycles. The van der Waals surface area contributed by atoms with Crippen LogP contribution in [0.5, 0.6) is 0 Å². The lowest BCUT2D eigenvalue weighted by molar-refractivity contribution is -0.384. The van der Waals surface area contributed by atoms with Crippen molar-refractivity contribution in [3.05, 3.63) is 108 Å². The van der Waals surface area contributed by atoms with Crippen molar-refractivity contribution in [2.24, 2.45) is 0 Å². The van der Waals surface area contributed by atoms with Crippen LogP contribution in [0.3, 0.4) is 0 Å². The molecule has 0 saturated carbocycles. The molecule has 9 nitrogen and oxygen atoms in total. The van der Waals surface area contributed by atoms with Crippen molar-refractivity contribution in [2.75, 3.05) is 4.90 Å². The van der Waals surface area contributed by atoms with Gasteiger partial charge in [-0.3, -0.25) is 19.7 Å².